The monoisotopic (exact) mass is 358 g/mol. The van der Waals surface area contributed by atoms with Gasteiger partial charge in [0.15, 0.2) is 5.96 Å². The van der Waals surface area contributed by atoms with Crippen molar-refractivity contribution in [3.05, 3.63) is 47.8 Å². The zero-order valence-corrected chi connectivity index (χ0v) is 15.7. The van der Waals surface area contributed by atoms with E-state index >= 15 is 0 Å². The minimum Gasteiger partial charge on any atom is -0.496 e. The summed E-state index contributed by atoms with van der Waals surface area (Å²) in [5, 5.41) is 6.55. The first-order valence-corrected chi connectivity index (χ1v) is 8.35. The van der Waals surface area contributed by atoms with E-state index < -0.39 is 0 Å². The molecule has 2 aromatic rings. The van der Waals surface area contributed by atoms with Gasteiger partial charge >= 0.3 is 0 Å². The number of pyridine rings is 1. The van der Waals surface area contributed by atoms with Crippen molar-refractivity contribution in [1.82, 2.24) is 15.6 Å². The molecular formula is C19H26N4O3. The van der Waals surface area contributed by atoms with Crippen LogP contribution in [-0.2, 0) is 13.0 Å². The molecule has 1 aromatic carbocycles. The molecule has 140 valence electrons. The van der Waals surface area contributed by atoms with Gasteiger partial charge in [0.25, 0.3) is 0 Å². The van der Waals surface area contributed by atoms with E-state index in [1.807, 2.05) is 30.3 Å². The van der Waals surface area contributed by atoms with Crippen molar-refractivity contribution in [3.63, 3.8) is 0 Å². The third-order valence-electron chi connectivity index (χ3n) is 3.87. The molecule has 0 saturated carbocycles. The van der Waals surface area contributed by atoms with Crippen molar-refractivity contribution in [3.8, 4) is 17.2 Å². The minimum absolute atomic E-state index is 0.500. The zero-order chi connectivity index (χ0) is 18.8. The Morgan fingerprint density at radius 1 is 1.04 bits per heavy atom. The number of ether oxygens (including phenoxy) is 3. The molecule has 0 aliphatic heterocycles. The van der Waals surface area contributed by atoms with Crippen LogP contribution in [0.25, 0.3) is 0 Å². The third kappa shape index (κ3) is 5.27. The van der Waals surface area contributed by atoms with E-state index in [-0.39, 0.29) is 0 Å². The maximum Gasteiger partial charge on any atom is 0.191 e. The molecule has 0 radical (unpaired) electrons. The smallest absolute Gasteiger partial charge is 0.191 e. The molecule has 0 aliphatic rings. The topological polar surface area (TPSA) is 77.0 Å². The van der Waals surface area contributed by atoms with Crippen molar-refractivity contribution < 1.29 is 14.2 Å². The van der Waals surface area contributed by atoms with E-state index in [1.54, 1.807) is 34.6 Å². The molecule has 26 heavy (non-hydrogen) atoms. The number of nitrogens with one attached hydrogen (secondary N) is 2. The summed E-state index contributed by atoms with van der Waals surface area (Å²) in [6.45, 7) is 1.23. The number of aliphatic imine (C=N–C) groups is 1. The van der Waals surface area contributed by atoms with Gasteiger partial charge in [-0.3, -0.25) is 9.98 Å². The maximum atomic E-state index is 5.47. The van der Waals surface area contributed by atoms with Crippen molar-refractivity contribution in [2.24, 2.45) is 4.99 Å². The number of benzene rings is 1. The second-order valence-electron chi connectivity index (χ2n) is 5.43. The van der Waals surface area contributed by atoms with Gasteiger partial charge in [-0.2, -0.15) is 0 Å². The molecule has 7 heteroatoms. The molecule has 0 saturated heterocycles. The summed E-state index contributed by atoms with van der Waals surface area (Å²) in [7, 11) is 6.59. The number of methoxy groups -OCH3 is 3. The van der Waals surface area contributed by atoms with Crippen molar-refractivity contribution in [1.29, 1.82) is 0 Å². The van der Waals surface area contributed by atoms with Crippen LogP contribution in [0, 0.1) is 0 Å². The van der Waals surface area contributed by atoms with Crippen LogP contribution in [-0.4, -0.2) is 45.9 Å². The summed E-state index contributed by atoms with van der Waals surface area (Å²) in [6.07, 6.45) is 2.61. The van der Waals surface area contributed by atoms with Gasteiger partial charge in [0.2, 0.25) is 0 Å². The van der Waals surface area contributed by atoms with Crippen LogP contribution >= 0.6 is 0 Å². The predicted octanol–water partition coefficient (Wildman–Crippen LogP) is 2.02. The molecule has 1 heterocycles. The summed E-state index contributed by atoms with van der Waals surface area (Å²) >= 11 is 0. The summed E-state index contributed by atoms with van der Waals surface area (Å²) in [4.78, 5) is 8.56. The highest BCUT2D eigenvalue weighted by Gasteiger charge is 2.13. The average molecular weight is 358 g/mol. The molecule has 2 N–H and O–H groups in total. The van der Waals surface area contributed by atoms with E-state index in [4.69, 9.17) is 14.2 Å². The van der Waals surface area contributed by atoms with Crippen molar-refractivity contribution >= 4 is 5.96 Å². The Kier molecular flexibility index (Phi) is 7.54. The summed E-state index contributed by atoms with van der Waals surface area (Å²) in [5.41, 5.74) is 1.93. The van der Waals surface area contributed by atoms with Crippen LogP contribution in [0.1, 0.15) is 11.3 Å². The van der Waals surface area contributed by atoms with E-state index in [0.29, 0.717) is 29.8 Å². The Bertz CT molecular complexity index is 695. The van der Waals surface area contributed by atoms with Gasteiger partial charge in [-0.15, -0.1) is 0 Å². The van der Waals surface area contributed by atoms with E-state index in [1.165, 1.54) is 0 Å². The fraction of sp³-hybridized carbons (Fsp3) is 0.368. The molecule has 7 nitrogen and oxygen atoms in total. The van der Waals surface area contributed by atoms with Gasteiger partial charge in [0.05, 0.1) is 33.4 Å². The summed E-state index contributed by atoms with van der Waals surface area (Å²) in [5.74, 6) is 2.76. The maximum absolute atomic E-state index is 5.47. The molecule has 0 spiro atoms. The largest absolute Gasteiger partial charge is 0.496 e. The van der Waals surface area contributed by atoms with Crippen LogP contribution in [0.5, 0.6) is 17.2 Å². The fourth-order valence-electron chi connectivity index (χ4n) is 2.50. The van der Waals surface area contributed by atoms with Crippen LogP contribution in [0.15, 0.2) is 41.5 Å². The molecule has 0 amide bonds. The highest BCUT2D eigenvalue weighted by atomic mass is 16.5. The van der Waals surface area contributed by atoms with Crippen LogP contribution < -0.4 is 24.8 Å². The van der Waals surface area contributed by atoms with Crippen LogP contribution in [0.2, 0.25) is 0 Å². The number of nitrogens with zero attached hydrogens (tertiary/aromatic N) is 2. The molecule has 1 aromatic heterocycles. The summed E-state index contributed by atoms with van der Waals surface area (Å²) < 4.78 is 16.2. The number of hydrogen-bond donors (Lipinski definition) is 2. The lowest BCUT2D eigenvalue weighted by molar-refractivity contribution is 0.368. The van der Waals surface area contributed by atoms with Crippen molar-refractivity contribution in [2.45, 2.75) is 13.0 Å². The van der Waals surface area contributed by atoms with Crippen LogP contribution in [0.4, 0.5) is 0 Å². The number of aromatic nitrogens is 1. The van der Waals surface area contributed by atoms with Crippen molar-refractivity contribution in [2.75, 3.05) is 34.9 Å². The van der Waals surface area contributed by atoms with E-state index in [2.05, 4.69) is 20.6 Å². The Morgan fingerprint density at radius 3 is 2.31 bits per heavy atom. The first-order chi connectivity index (χ1) is 12.7. The van der Waals surface area contributed by atoms with Crippen LogP contribution in [0.3, 0.4) is 0 Å². The standard InChI is InChI=1S/C19H26N4O3/c1-20-19(22-10-8-14-7-5-6-9-21-14)23-13-16-17(25-3)11-15(24-2)12-18(16)26-4/h5-7,9,11-12H,8,10,13H2,1-4H3,(H2,20,22,23). The van der Waals surface area contributed by atoms with Gasteiger partial charge in [0.1, 0.15) is 17.2 Å². The number of guanidine groups is 1. The lowest BCUT2D eigenvalue weighted by atomic mass is 10.1. The average Bonchev–Trinajstić information content (AvgIpc) is 2.70. The van der Waals surface area contributed by atoms with Gasteiger partial charge in [-0.1, -0.05) is 6.07 Å². The molecular weight excluding hydrogens is 332 g/mol. The molecule has 0 unspecified atom stereocenters. The van der Waals surface area contributed by atoms with E-state index in [0.717, 1.165) is 24.2 Å². The molecule has 0 bridgehead atoms. The second kappa shape index (κ2) is 10.1. The third-order valence-corrected chi connectivity index (χ3v) is 3.87. The Balaban J connectivity index is 1.97. The zero-order valence-electron chi connectivity index (χ0n) is 15.7. The number of hydrogen-bond acceptors (Lipinski definition) is 5. The quantitative estimate of drug-likeness (QED) is 0.555. The molecule has 0 atom stereocenters. The first-order valence-electron chi connectivity index (χ1n) is 8.35. The summed E-state index contributed by atoms with van der Waals surface area (Å²) in [6, 6.07) is 9.56. The fourth-order valence-corrected chi connectivity index (χ4v) is 2.50. The highest BCUT2D eigenvalue weighted by Crippen LogP contribution is 2.33. The normalized spacial score (nSPS) is 11.0. The Hall–Kier alpha value is -2.96. The first kappa shape index (κ1) is 19.4. The number of rotatable bonds is 8. The second-order valence-corrected chi connectivity index (χ2v) is 5.43. The minimum atomic E-state index is 0.500. The molecule has 0 fully saturated rings. The van der Waals surface area contributed by atoms with E-state index in [9.17, 15) is 0 Å². The lowest BCUT2D eigenvalue weighted by Gasteiger charge is -2.17. The lowest BCUT2D eigenvalue weighted by Crippen LogP contribution is -2.38. The van der Waals surface area contributed by atoms with Gasteiger partial charge < -0.3 is 24.8 Å². The van der Waals surface area contributed by atoms with Gasteiger partial charge in [0, 0.05) is 44.0 Å². The molecule has 2 rings (SSSR count). The van der Waals surface area contributed by atoms with Gasteiger partial charge in [-0.25, -0.2) is 0 Å². The van der Waals surface area contributed by atoms with Gasteiger partial charge in [-0.05, 0) is 12.1 Å². The highest BCUT2D eigenvalue weighted by molar-refractivity contribution is 5.79. The Labute approximate surface area is 154 Å². The SMILES string of the molecule is CN=C(NCCc1ccccn1)NCc1c(OC)cc(OC)cc1OC. The molecule has 0 aliphatic carbocycles. The Morgan fingerprint density at radius 2 is 1.77 bits per heavy atom. The predicted molar refractivity (Wildman–Crippen MR) is 102 cm³/mol.